The SMILES string of the molecule is COC(=O)c1ccccc1NC(=O)CN[C@H](C)c1ccc(Cl)cc1. The highest BCUT2D eigenvalue weighted by molar-refractivity contribution is 6.30. The molecule has 2 rings (SSSR count). The molecule has 1 amide bonds. The van der Waals surface area contributed by atoms with Crippen molar-refractivity contribution in [3.8, 4) is 0 Å². The second-order valence-electron chi connectivity index (χ2n) is 5.24. The highest BCUT2D eigenvalue weighted by Gasteiger charge is 2.14. The van der Waals surface area contributed by atoms with Crippen molar-refractivity contribution in [3.05, 3.63) is 64.7 Å². The van der Waals surface area contributed by atoms with Gasteiger partial charge in [0.2, 0.25) is 5.91 Å². The third kappa shape index (κ3) is 4.81. The summed E-state index contributed by atoms with van der Waals surface area (Å²) in [5.74, 6) is -0.736. The third-order valence-electron chi connectivity index (χ3n) is 3.55. The van der Waals surface area contributed by atoms with Crippen LogP contribution in [0.4, 0.5) is 5.69 Å². The maximum absolute atomic E-state index is 12.1. The van der Waals surface area contributed by atoms with Crippen LogP contribution in [0.25, 0.3) is 0 Å². The number of carbonyl (C=O) groups excluding carboxylic acids is 2. The molecule has 6 heteroatoms. The first-order chi connectivity index (χ1) is 11.5. The lowest BCUT2D eigenvalue weighted by Gasteiger charge is -2.15. The van der Waals surface area contributed by atoms with Gasteiger partial charge in [0, 0.05) is 11.1 Å². The predicted molar refractivity (Wildman–Crippen MR) is 94.3 cm³/mol. The van der Waals surface area contributed by atoms with Crippen LogP contribution in [0.1, 0.15) is 28.9 Å². The Bertz CT molecular complexity index is 716. The number of rotatable bonds is 6. The van der Waals surface area contributed by atoms with Gasteiger partial charge in [0.25, 0.3) is 0 Å². The monoisotopic (exact) mass is 346 g/mol. The molecule has 126 valence electrons. The first-order valence-corrected chi connectivity index (χ1v) is 7.85. The van der Waals surface area contributed by atoms with Gasteiger partial charge < -0.3 is 15.4 Å². The Balaban J connectivity index is 1.94. The van der Waals surface area contributed by atoms with Gasteiger partial charge in [0.05, 0.1) is 24.9 Å². The predicted octanol–water partition coefficient (Wildman–Crippen LogP) is 3.42. The molecule has 1 atom stereocenters. The zero-order chi connectivity index (χ0) is 17.5. The number of amides is 1. The minimum Gasteiger partial charge on any atom is -0.465 e. The topological polar surface area (TPSA) is 67.4 Å². The number of anilines is 1. The second kappa shape index (κ2) is 8.47. The molecule has 0 radical (unpaired) electrons. The van der Waals surface area contributed by atoms with E-state index in [9.17, 15) is 9.59 Å². The molecule has 0 aromatic heterocycles. The summed E-state index contributed by atoms with van der Waals surface area (Å²) in [6.07, 6.45) is 0. The van der Waals surface area contributed by atoms with E-state index in [4.69, 9.17) is 16.3 Å². The Morgan fingerprint density at radius 2 is 1.79 bits per heavy atom. The number of halogens is 1. The average Bonchev–Trinajstić information content (AvgIpc) is 2.60. The minimum absolute atomic E-state index is 0.0103. The molecule has 0 fully saturated rings. The number of methoxy groups -OCH3 is 1. The first-order valence-electron chi connectivity index (χ1n) is 7.47. The molecule has 2 N–H and O–H groups in total. The van der Waals surface area contributed by atoms with Crippen molar-refractivity contribution in [1.82, 2.24) is 5.32 Å². The summed E-state index contributed by atoms with van der Waals surface area (Å²) in [6.45, 7) is 2.07. The Labute approximate surface area is 146 Å². The van der Waals surface area contributed by atoms with E-state index in [-0.39, 0.29) is 18.5 Å². The number of carbonyl (C=O) groups is 2. The molecule has 5 nitrogen and oxygen atoms in total. The fourth-order valence-corrected chi connectivity index (χ4v) is 2.32. The summed E-state index contributed by atoms with van der Waals surface area (Å²) in [5, 5.41) is 6.52. The van der Waals surface area contributed by atoms with Gasteiger partial charge in [0.1, 0.15) is 0 Å². The van der Waals surface area contributed by atoms with E-state index in [2.05, 4.69) is 10.6 Å². The number of hydrogen-bond donors (Lipinski definition) is 2. The molecular formula is C18H19ClN2O3. The van der Waals surface area contributed by atoms with Crippen LogP contribution in [0.3, 0.4) is 0 Å². The third-order valence-corrected chi connectivity index (χ3v) is 3.80. The Hall–Kier alpha value is -2.37. The molecular weight excluding hydrogens is 328 g/mol. The van der Waals surface area contributed by atoms with Crippen LogP contribution >= 0.6 is 11.6 Å². The van der Waals surface area contributed by atoms with Crippen LogP contribution < -0.4 is 10.6 Å². The van der Waals surface area contributed by atoms with Crippen molar-refractivity contribution in [2.24, 2.45) is 0 Å². The Kier molecular flexibility index (Phi) is 6.35. The largest absolute Gasteiger partial charge is 0.465 e. The molecule has 0 aliphatic carbocycles. The number of esters is 1. The fourth-order valence-electron chi connectivity index (χ4n) is 2.19. The fraction of sp³-hybridized carbons (Fsp3) is 0.222. The van der Waals surface area contributed by atoms with Gasteiger partial charge in [0.15, 0.2) is 0 Å². The second-order valence-corrected chi connectivity index (χ2v) is 5.68. The van der Waals surface area contributed by atoms with Gasteiger partial charge in [-0.25, -0.2) is 4.79 Å². The van der Waals surface area contributed by atoms with Gasteiger partial charge in [-0.2, -0.15) is 0 Å². The maximum Gasteiger partial charge on any atom is 0.339 e. The van der Waals surface area contributed by atoms with E-state index < -0.39 is 5.97 Å². The lowest BCUT2D eigenvalue weighted by atomic mass is 10.1. The first kappa shape index (κ1) is 18.0. The summed E-state index contributed by atoms with van der Waals surface area (Å²) >= 11 is 5.86. The van der Waals surface area contributed by atoms with Crippen LogP contribution in [-0.2, 0) is 9.53 Å². The van der Waals surface area contributed by atoms with Gasteiger partial charge >= 0.3 is 5.97 Å². The molecule has 0 bridgehead atoms. The van der Waals surface area contributed by atoms with Crippen molar-refractivity contribution >= 4 is 29.2 Å². The standard InChI is InChI=1S/C18H19ClN2O3/c1-12(13-7-9-14(19)10-8-13)20-11-17(22)21-16-6-4-3-5-15(16)18(23)24-2/h3-10,12,20H,11H2,1-2H3,(H,21,22)/t12-/m1/s1. The van der Waals surface area contributed by atoms with Crippen molar-refractivity contribution in [2.75, 3.05) is 19.0 Å². The smallest absolute Gasteiger partial charge is 0.339 e. The molecule has 0 saturated carbocycles. The lowest BCUT2D eigenvalue weighted by molar-refractivity contribution is -0.115. The van der Waals surface area contributed by atoms with Crippen LogP contribution in [0.5, 0.6) is 0 Å². The average molecular weight is 347 g/mol. The Morgan fingerprint density at radius 3 is 2.46 bits per heavy atom. The molecule has 2 aromatic rings. The number of hydrogen-bond acceptors (Lipinski definition) is 4. The maximum atomic E-state index is 12.1. The zero-order valence-electron chi connectivity index (χ0n) is 13.5. The van der Waals surface area contributed by atoms with Gasteiger partial charge in [-0.05, 0) is 36.8 Å². The van der Waals surface area contributed by atoms with E-state index in [1.807, 2.05) is 31.2 Å². The molecule has 0 saturated heterocycles. The van der Waals surface area contributed by atoms with Crippen molar-refractivity contribution < 1.29 is 14.3 Å². The van der Waals surface area contributed by atoms with Crippen LogP contribution in [-0.4, -0.2) is 25.5 Å². The molecule has 0 heterocycles. The van der Waals surface area contributed by atoms with Gasteiger partial charge in [-0.15, -0.1) is 0 Å². The summed E-state index contributed by atoms with van der Waals surface area (Å²) in [4.78, 5) is 23.8. The van der Waals surface area contributed by atoms with E-state index in [0.29, 0.717) is 16.3 Å². The lowest BCUT2D eigenvalue weighted by Crippen LogP contribution is -2.30. The number of para-hydroxylation sites is 1. The molecule has 0 unspecified atom stereocenters. The molecule has 0 aliphatic heterocycles. The van der Waals surface area contributed by atoms with E-state index in [1.54, 1.807) is 24.3 Å². The van der Waals surface area contributed by atoms with Crippen molar-refractivity contribution in [2.45, 2.75) is 13.0 Å². The normalized spacial score (nSPS) is 11.6. The van der Waals surface area contributed by atoms with E-state index in [0.717, 1.165) is 5.56 Å². The van der Waals surface area contributed by atoms with Crippen LogP contribution in [0.2, 0.25) is 5.02 Å². The summed E-state index contributed by atoms with van der Waals surface area (Å²) < 4.78 is 4.71. The molecule has 0 spiro atoms. The zero-order valence-corrected chi connectivity index (χ0v) is 14.3. The number of ether oxygens (including phenoxy) is 1. The van der Waals surface area contributed by atoms with E-state index >= 15 is 0 Å². The van der Waals surface area contributed by atoms with Crippen LogP contribution in [0, 0.1) is 0 Å². The van der Waals surface area contributed by atoms with Crippen molar-refractivity contribution in [3.63, 3.8) is 0 Å². The van der Waals surface area contributed by atoms with E-state index in [1.165, 1.54) is 7.11 Å². The number of benzene rings is 2. The van der Waals surface area contributed by atoms with Gasteiger partial charge in [-0.1, -0.05) is 35.9 Å². The molecule has 2 aromatic carbocycles. The van der Waals surface area contributed by atoms with Gasteiger partial charge in [-0.3, -0.25) is 4.79 Å². The molecule has 24 heavy (non-hydrogen) atoms. The number of nitrogens with one attached hydrogen (secondary N) is 2. The highest BCUT2D eigenvalue weighted by atomic mass is 35.5. The Morgan fingerprint density at radius 1 is 1.12 bits per heavy atom. The highest BCUT2D eigenvalue weighted by Crippen LogP contribution is 2.17. The summed E-state index contributed by atoms with van der Waals surface area (Å²) in [6, 6.07) is 14.1. The summed E-state index contributed by atoms with van der Waals surface area (Å²) in [7, 11) is 1.30. The van der Waals surface area contributed by atoms with Crippen LogP contribution in [0.15, 0.2) is 48.5 Å². The minimum atomic E-state index is -0.492. The molecule has 0 aliphatic rings. The summed E-state index contributed by atoms with van der Waals surface area (Å²) in [5.41, 5.74) is 1.77. The van der Waals surface area contributed by atoms with Crippen molar-refractivity contribution in [1.29, 1.82) is 0 Å². The quantitative estimate of drug-likeness (QED) is 0.786.